The number of ether oxygens (including phenoxy) is 1. The Morgan fingerprint density at radius 1 is 1.23 bits per heavy atom. The number of hydrogen-bond donors (Lipinski definition) is 1. The molecule has 0 atom stereocenters. The number of methoxy groups -OCH3 is 1. The van der Waals surface area contributed by atoms with Gasteiger partial charge in [0, 0.05) is 11.3 Å². The van der Waals surface area contributed by atoms with Crippen LogP contribution in [0.5, 0.6) is 5.75 Å². The number of aliphatic carboxylic acids is 1. The van der Waals surface area contributed by atoms with Crippen LogP contribution in [-0.4, -0.2) is 27.6 Å². The fourth-order valence-corrected chi connectivity index (χ4v) is 2.61. The van der Waals surface area contributed by atoms with Crippen molar-refractivity contribution in [1.82, 2.24) is 9.38 Å². The van der Waals surface area contributed by atoms with E-state index in [4.69, 9.17) is 4.74 Å². The summed E-state index contributed by atoms with van der Waals surface area (Å²) >= 11 is 0. The minimum atomic E-state index is -0.875. The van der Waals surface area contributed by atoms with Gasteiger partial charge in [-0.15, -0.1) is 0 Å². The van der Waals surface area contributed by atoms with Crippen LogP contribution in [0, 0.1) is 6.92 Å². The fraction of sp³-hybridized carbons (Fsp3) is 0.176. The lowest BCUT2D eigenvalue weighted by atomic mass is 10.1. The summed E-state index contributed by atoms with van der Waals surface area (Å²) in [5.41, 5.74) is 3.97. The Labute approximate surface area is 127 Å². The maximum Gasteiger partial charge on any atom is 0.309 e. The second-order valence-corrected chi connectivity index (χ2v) is 5.07. The minimum absolute atomic E-state index is 0.0760. The van der Waals surface area contributed by atoms with Crippen molar-refractivity contribution >= 4 is 11.6 Å². The molecule has 3 aromatic rings. The van der Waals surface area contributed by atoms with Crippen LogP contribution in [-0.2, 0) is 11.2 Å². The van der Waals surface area contributed by atoms with Crippen molar-refractivity contribution in [1.29, 1.82) is 0 Å². The Kier molecular flexibility index (Phi) is 3.55. The van der Waals surface area contributed by atoms with Crippen molar-refractivity contribution in [2.75, 3.05) is 7.11 Å². The van der Waals surface area contributed by atoms with Crippen molar-refractivity contribution in [3.8, 4) is 17.0 Å². The molecule has 0 aliphatic carbocycles. The number of benzene rings is 1. The Hall–Kier alpha value is -2.82. The summed E-state index contributed by atoms with van der Waals surface area (Å²) in [7, 11) is 1.61. The van der Waals surface area contributed by atoms with Gasteiger partial charge in [0.05, 0.1) is 24.9 Å². The molecule has 5 nitrogen and oxygen atoms in total. The van der Waals surface area contributed by atoms with E-state index >= 15 is 0 Å². The number of aryl methyl sites for hydroxylation is 1. The number of imidazole rings is 1. The molecule has 0 aliphatic rings. The molecular weight excluding hydrogens is 280 g/mol. The summed E-state index contributed by atoms with van der Waals surface area (Å²) in [6.07, 6.45) is -0.0760. The van der Waals surface area contributed by atoms with Crippen LogP contribution in [0.15, 0.2) is 42.5 Å². The van der Waals surface area contributed by atoms with Crippen LogP contribution in [0.2, 0.25) is 0 Å². The van der Waals surface area contributed by atoms with Gasteiger partial charge in [0.2, 0.25) is 0 Å². The molecule has 3 rings (SSSR count). The Morgan fingerprint density at radius 2 is 1.95 bits per heavy atom. The van der Waals surface area contributed by atoms with Crippen molar-refractivity contribution in [2.45, 2.75) is 13.3 Å². The molecule has 0 fully saturated rings. The van der Waals surface area contributed by atoms with E-state index in [1.54, 1.807) is 7.11 Å². The number of carbonyl (C=O) groups is 1. The molecule has 0 spiro atoms. The molecule has 0 saturated heterocycles. The smallest absolute Gasteiger partial charge is 0.309 e. The van der Waals surface area contributed by atoms with E-state index in [-0.39, 0.29) is 6.42 Å². The van der Waals surface area contributed by atoms with Gasteiger partial charge in [-0.05, 0) is 43.3 Å². The summed E-state index contributed by atoms with van der Waals surface area (Å²) in [6.45, 7) is 1.94. The summed E-state index contributed by atoms with van der Waals surface area (Å²) in [4.78, 5) is 15.9. The number of carboxylic acids is 1. The van der Waals surface area contributed by atoms with Crippen LogP contribution in [0.4, 0.5) is 0 Å². The first-order chi connectivity index (χ1) is 10.6. The predicted octanol–water partition coefficient (Wildman–Crippen LogP) is 2.95. The largest absolute Gasteiger partial charge is 0.497 e. The number of fused-ring (bicyclic) bond motifs is 1. The van der Waals surface area contributed by atoms with Gasteiger partial charge in [-0.2, -0.15) is 0 Å². The molecule has 2 heterocycles. The molecule has 112 valence electrons. The molecule has 1 aromatic carbocycles. The third kappa shape index (κ3) is 2.41. The van der Waals surface area contributed by atoms with Crippen molar-refractivity contribution in [3.05, 3.63) is 53.9 Å². The van der Waals surface area contributed by atoms with Gasteiger partial charge in [0.1, 0.15) is 11.4 Å². The molecule has 1 N–H and O–H groups in total. The first-order valence-corrected chi connectivity index (χ1v) is 6.93. The molecule has 5 heteroatoms. The summed E-state index contributed by atoms with van der Waals surface area (Å²) in [5.74, 6) is -0.122. The lowest BCUT2D eigenvalue weighted by molar-refractivity contribution is -0.136. The van der Waals surface area contributed by atoms with Gasteiger partial charge >= 0.3 is 5.97 Å². The molecule has 0 unspecified atom stereocenters. The molecule has 0 amide bonds. The number of pyridine rings is 1. The van der Waals surface area contributed by atoms with E-state index in [2.05, 4.69) is 4.98 Å². The number of rotatable bonds is 4. The highest BCUT2D eigenvalue weighted by Crippen LogP contribution is 2.27. The maximum atomic E-state index is 11.2. The summed E-state index contributed by atoms with van der Waals surface area (Å²) in [5, 5.41) is 9.23. The second kappa shape index (κ2) is 5.52. The topological polar surface area (TPSA) is 63.8 Å². The van der Waals surface area contributed by atoms with Gasteiger partial charge in [-0.1, -0.05) is 6.07 Å². The van der Waals surface area contributed by atoms with Gasteiger partial charge < -0.3 is 14.2 Å². The van der Waals surface area contributed by atoms with E-state index in [9.17, 15) is 9.90 Å². The summed E-state index contributed by atoms with van der Waals surface area (Å²) in [6, 6.07) is 13.2. The second-order valence-electron chi connectivity index (χ2n) is 5.07. The molecular formula is C17H16N2O3. The third-order valence-corrected chi connectivity index (χ3v) is 3.62. The van der Waals surface area contributed by atoms with Crippen molar-refractivity contribution < 1.29 is 14.6 Å². The molecule has 0 saturated carbocycles. The molecule has 0 radical (unpaired) electrons. The van der Waals surface area contributed by atoms with Crippen molar-refractivity contribution in [2.24, 2.45) is 0 Å². The fourth-order valence-electron chi connectivity index (χ4n) is 2.61. The predicted molar refractivity (Wildman–Crippen MR) is 83.3 cm³/mol. The lowest BCUT2D eigenvalue weighted by Gasteiger charge is -2.06. The van der Waals surface area contributed by atoms with Crippen LogP contribution in [0.25, 0.3) is 16.9 Å². The summed E-state index contributed by atoms with van der Waals surface area (Å²) < 4.78 is 7.05. The zero-order valence-corrected chi connectivity index (χ0v) is 12.4. The van der Waals surface area contributed by atoms with E-state index in [0.717, 1.165) is 22.7 Å². The van der Waals surface area contributed by atoms with Gasteiger partial charge in [-0.25, -0.2) is 4.98 Å². The van der Waals surface area contributed by atoms with E-state index in [1.165, 1.54) is 0 Å². The van der Waals surface area contributed by atoms with Crippen LogP contribution in [0.1, 0.15) is 11.4 Å². The van der Waals surface area contributed by atoms with Crippen molar-refractivity contribution in [3.63, 3.8) is 0 Å². The lowest BCUT2D eigenvalue weighted by Crippen LogP contribution is -2.06. The Morgan fingerprint density at radius 3 is 2.59 bits per heavy atom. The molecule has 0 aliphatic heterocycles. The first kappa shape index (κ1) is 14.1. The molecule has 2 aromatic heterocycles. The number of aromatic nitrogens is 2. The Bertz CT molecular complexity index is 835. The minimum Gasteiger partial charge on any atom is -0.497 e. The highest BCUT2D eigenvalue weighted by molar-refractivity contribution is 5.76. The monoisotopic (exact) mass is 296 g/mol. The maximum absolute atomic E-state index is 11.2. The molecule has 22 heavy (non-hydrogen) atoms. The SMILES string of the molecule is COc1ccc(-c2nc3cccc(C)n3c2CC(=O)O)cc1. The zero-order chi connectivity index (χ0) is 15.7. The van der Waals surface area contributed by atoms with E-state index < -0.39 is 5.97 Å². The van der Waals surface area contributed by atoms with E-state index in [1.807, 2.05) is 53.8 Å². The number of hydrogen-bond acceptors (Lipinski definition) is 3. The van der Waals surface area contributed by atoms with Crippen LogP contribution in [0.3, 0.4) is 0 Å². The zero-order valence-electron chi connectivity index (χ0n) is 12.4. The quantitative estimate of drug-likeness (QED) is 0.804. The van der Waals surface area contributed by atoms with Gasteiger partial charge in [0.15, 0.2) is 0 Å². The van der Waals surface area contributed by atoms with Gasteiger partial charge in [-0.3, -0.25) is 4.79 Å². The number of carboxylic acid groups (broad SMARTS) is 1. The Balaban J connectivity index is 2.22. The first-order valence-electron chi connectivity index (χ1n) is 6.93. The highest BCUT2D eigenvalue weighted by Gasteiger charge is 2.17. The standard InChI is InChI=1S/C17H16N2O3/c1-11-4-3-5-15-18-17(14(19(11)15)10-16(20)21)12-6-8-13(22-2)9-7-12/h3-9H,10H2,1-2H3,(H,20,21). The normalized spacial score (nSPS) is 10.8. The number of nitrogens with zero attached hydrogens (tertiary/aromatic N) is 2. The van der Waals surface area contributed by atoms with E-state index in [0.29, 0.717) is 11.4 Å². The average Bonchev–Trinajstić information content (AvgIpc) is 2.87. The highest BCUT2D eigenvalue weighted by atomic mass is 16.5. The van der Waals surface area contributed by atoms with Gasteiger partial charge in [0.25, 0.3) is 0 Å². The third-order valence-electron chi connectivity index (χ3n) is 3.62. The average molecular weight is 296 g/mol. The van der Waals surface area contributed by atoms with Crippen LogP contribution < -0.4 is 4.74 Å². The molecule has 0 bridgehead atoms. The van der Waals surface area contributed by atoms with Crippen LogP contribution >= 0.6 is 0 Å².